The Kier molecular flexibility index (Phi) is 3.93. The molecule has 0 saturated heterocycles. The largest absolute Gasteiger partial charge is 0.398 e. The molecule has 0 bridgehead atoms. The number of nitrogens with two attached hydrogens (primary N) is 1. The normalized spacial score (nSPS) is 11.0. The van der Waals surface area contributed by atoms with Gasteiger partial charge in [-0.15, -0.1) is 12.3 Å². The predicted octanol–water partition coefficient (Wildman–Crippen LogP) is 0.879. The van der Waals surface area contributed by atoms with Crippen molar-refractivity contribution in [1.82, 2.24) is 4.72 Å². The minimum absolute atomic E-state index is 0.0927. The predicted molar refractivity (Wildman–Crippen MR) is 64.2 cm³/mol. The van der Waals surface area contributed by atoms with E-state index in [1.165, 1.54) is 6.07 Å². The van der Waals surface area contributed by atoms with Crippen LogP contribution in [0.3, 0.4) is 0 Å². The zero-order valence-corrected chi connectivity index (χ0v) is 9.84. The van der Waals surface area contributed by atoms with Gasteiger partial charge in [0.15, 0.2) is 0 Å². The molecule has 3 N–H and O–H groups in total. The van der Waals surface area contributed by atoms with Crippen LogP contribution >= 0.6 is 0 Å². The highest BCUT2D eigenvalue weighted by molar-refractivity contribution is 7.89. The Morgan fingerprint density at radius 1 is 1.50 bits per heavy atom. The monoisotopic (exact) mass is 238 g/mol. The molecule has 0 aliphatic carbocycles. The molecule has 0 fully saturated rings. The van der Waals surface area contributed by atoms with Gasteiger partial charge in [0.05, 0.1) is 5.69 Å². The van der Waals surface area contributed by atoms with E-state index in [-0.39, 0.29) is 17.1 Å². The summed E-state index contributed by atoms with van der Waals surface area (Å²) in [6, 6.07) is 4.81. The first kappa shape index (κ1) is 12.6. The number of aryl methyl sites for hydroxylation is 1. The lowest BCUT2D eigenvalue weighted by Crippen LogP contribution is -2.25. The van der Waals surface area contributed by atoms with Crippen LogP contribution < -0.4 is 10.5 Å². The molecule has 0 aliphatic rings. The molecule has 0 aliphatic heterocycles. The molecule has 5 heteroatoms. The molecule has 0 radical (unpaired) electrons. The summed E-state index contributed by atoms with van der Waals surface area (Å²) in [5.74, 6) is 2.36. The van der Waals surface area contributed by atoms with Crippen LogP contribution in [0.25, 0.3) is 0 Å². The van der Waals surface area contributed by atoms with Crippen LogP contribution in [0.5, 0.6) is 0 Å². The molecule has 0 unspecified atom stereocenters. The number of hydrogen-bond acceptors (Lipinski definition) is 3. The lowest BCUT2D eigenvalue weighted by molar-refractivity contribution is 0.583. The fourth-order valence-corrected chi connectivity index (χ4v) is 2.39. The first-order valence-corrected chi connectivity index (χ1v) is 6.25. The Hall–Kier alpha value is -1.51. The van der Waals surface area contributed by atoms with Gasteiger partial charge in [-0.1, -0.05) is 6.07 Å². The van der Waals surface area contributed by atoms with Gasteiger partial charge in [0, 0.05) is 13.0 Å². The molecule has 0 saturated carbocycles. The van der Waals surface area contributed by atoms with E-state index in [2.05, 4.69) is 10.6 Å². The van der Waals surface area contributed by atoms with Gasteiger partial charge in [0.2, 0.25) is 10.0 Å². The molecular weight excluding hydrogens is 224 g/mol. The van der Waals surface area contributed by atoms with E-state index in [1.54, 1.807) is 12.1 Å². The number of terminal acetylenes is 1. The lowest BCUT2D eigenvalue weighted by Gasteiger charge is -2.08. The van der Waals surface area contributed by atoms with E-state index in [0.717, 1.165) is 5.56 Å². The molecule has 1 aromatic carbocycles. The van der Waals surface area contributed by atoms with E-state index in [4.69, 9.17) is 12.2 Å². The van der Waals surface area contributed by atoms with Crippen molar-refractivity contribution in [1.29, 1.82) is 0 Å². The average Bonchev–Trinajstić information content (AvgIpc) is 2.17. The Balaban J connectivity index is 2.95. The third-order valence-electron chi connectivity index (χ3n) is 2.02. The summed E-state index contributed by atoms with van der Waals surface area (Å²) in [6.07, 6.45) is 5.39. The second kappa shape index (κ2) is 5.01. The number of rotatable bonds is 4. The number of nitrogen functional groups attached to an aromatic ring is 1. The van der Waals surface area contributed by atoms with Crippen molar-refractivity contribution in [2.75, 3.05) is 12.3 Å². The summed E-state index contributed by atoms with van der Waals surface area (Å²) >= 11 is 0. The van der Waals surface area contributed by atoms with E-state index in [0.29, 0.717) is 6.42 Å². The summed E-state index contributed by atoms with van der Waals surface area (Å²) < 4.78 is 25.9. The molecule has 0 amide bonds. The molecule has 0 heterocycles. The molecular formula is C11H14N2O2S. The fourth-order valence-electron chi connectivity index (χ4n) is 1.25. The highest BCUT2D eigenvalue weighted by Crippen LogP contribution is 2.18. The summed E-state index contributed by atoms with van der Waals surface area (Å²) in [5.41, 5.74) is 6.81. The van der Waals surface area contributed by atoms with Crippen LogP contribution in [-0.4, -0.2) is 15.0 Å². The minimum atomic E-state index is -3.55. The summed E-state index contributed by atoms with van der Waals surface area (Å²) in [4.78, 5) is 0.0927. The average molecular weight is 238 g/mol. The van der Waals surface area contributed by atoms with Crippen molar-refractivity contribution in [3.63, 3.8) is 0 Å². The highest BCUT2D eigenvalue weighted by atomic mass is 32.2. The van der Waals surface area contributed by atoms with E-state index < -0.39 is 10.0 Å². The van der Waals surface area contributed by atoms with Gasteiger partial charge >= 0.3 is 0 Å². The highest BCUT2D eigenvalue weighted by Gasteiger charge is 2.16. The minimum Gasteiger partial charge on any atom is -0.398 e. The van der Waals surface area contributed by atoms with E-state index in [9.17, 15) is 8.42 Å². The Labute approximate surface area is 95.9 Å². The molecule has 0 atom stereocenters. The van der Waals surface area contributed by atoms with Crippen LogP contribution in [0.15, 0.2) is 23.1 Å². The van der Waals surface area contributed by atoms with Crippen molar-refractivity contribution in [2.45, 2.75) is 18.2 Å². The molecule has 4 nitrogen and oxygen atoms in total. The maximum Gasteiger partial charge on any atom is 0.242 e. The van der Waals surface area contributed by atoms with Crippen LogP contribution in [0, 0.1) is 19.3 Å². The standard InChI is InChI=1S/C11H14N2O2S/c1-3-4-7-13-16(14,15)11-6-5-9(2)8-10(11)12/h1,5-6,8,13H,4,7,12H2,2H3. The zero-order valence-electron chi connectivity index (χ0n) is 9.03. The third kappa shape index (κ3) is 2.99. The summed E-state index contributed by atoms with van der Waals surface area (Å²) in [6.45, 7) is 2.06. The summed E-state index contributed by atoms with van der Waals surface area (Å²) in [7, 11) is -3.55. The molecule has 86 valence electrons. The third-order valence-corrected chi connectivity index (χ3v) is 3.55. The van der Waals surface area contributed by atoms with Crippen molar-refractivity contribution in [3.8, 4) is 12.3 Å². The Morgan fingerprint density at radius 3 is 2.75 bits per heavy atom. The van der Waals surface area contributed by atoms with Crippen LogP contribution in [0.2, 0.25) is 0 Å². The van der Waals surface area contributed by atoms with Crippen LogP contribution in [0.4, 0.5) is 5.69 Å². The maximum absolute atomic E-state index is 11.8. The SMILES string of the molecule is C#CCCNS(=O)(=O)c1ccc(C)cc1N. The number of benzene rings is 1. The van der Waals surface area contributed by atoms with Gasteiger partial charge in [0.1, 0.15) is 4.90 Å². The lowest BCUT2D eigenvalue weighted by atomic mass is 10.2. The van der Waals surface area contributed by atoms with E-state index >= 15 is 0 Å². The molecule has 0 spiro atoms. The van der Waals surface area contributed by atoms with Crippen molar-refractivity contribution in [2.24, 2.45) is 0 Å². The first-order valence-electron chi connectivity index (χ1n) is 4.76. The van der Waals surface area contributed by atoms with E-state index in [1.807, 2.05) is 6.92 Å². The first-order chi connectivity index (χ1) is 7.47. The van der Waals surface area contributed by atoms with Crippen LogP contribution in [0.1, 0.15) is 12.0 Å². The summed E-state index contributed by atoms with van der Waals surface area (Å²) in [5, 5.41) is 0. The number of hydrogen-bond donors (Lipinski definition) is 2. The zero-order chi connectivity index (χ0) is 12.2. The second-order valence-electron chi connectivity index (χ2n) is 3.39. The van der Waals surface area contributed by atoms with Gasteiger partial charge in [-0.25, -0.2) is 13.1 Å². The van der Waals surface area contributed by atoms with Gasteiger partial charge < -0.3 is 5.73 Å². The topological polar surface area (TPSA) is 72.2 Å². The van der Waals surface area contributed by atoms with Crippen molar-refractivity contribution >= 4 is 15.7 Å². The van der Waals surface area contributed by atoms with Crippen LogP contribution in [-0.2, 0) is 10.0 Å². The number of sulfonamides is 1. The smallest absolute Gasteiger partial charge is 0.242 e. The van der Waals surface area contributed by atoms with Gasteiger partial charge in [-0.05, 0) is 24.6 Å². The molecule has 1 aromatic rings. The molecule has 0 aromatic heterocycles. The van der Waals surface area contributed by atoms with Gasteiger partial charge in [-0.2, -0.15) is 0 Å². The maximum atomic E-state index is 11.8. The fraction of sp³-hybridized carbons (Fsp3) is 0.273. The Bertz CT molecular complexity index is 515. The molecule has 1 rings (SSSR count). The van der Waals surface area contributed by atoms with Gasteiger partial charge in [-0.3, -0.25) is 0 Å². The number of nitrogens with one attached hydrogen (secondary N) is 1. The van der Waals surface area contributed by atoms with Gasteiger partial charge in [0.25, 0.3) is 0 Å². The number of anilines is 1. The Morgan fingerprint density at radius 2 is 2.19 bits per heavy atom. The van der Waals surface area contributed by atoms with Crippen molar-refractivity contribution < 1.29 is 8.42 Å². The quantitative estimate of drug-likeness (QED) is 0.464. The molecule has 16 heavy (non-hydrogen) atoms. The van der Waals surface area contributed by atoms with Crippen molar-refractivity contribution in [3.05, 3.63) is 23.8 Å². The second-order valence-corrected chi connectivity index (χ2v) is 5.13.